The van der Waals surface area contributed by atoms with Crippen molar-refractivity contribution in [1.29, 1.82) is 0 Å². The van der Waals surface area contributed by atoms with Gasteiger partial charge in [-0.2, -0.15) is 0 Å². The third-order valence-corrected chi connectivity index (χ3v) is 3.34. The van der Waals surface area contributed by atoms with Crippen molar-refractivity contribution in [3.63, 3.8) is 0 Å². The maximum Gasteiger partial charge on any atom is 0.312 e. The van der Waals surface area contributed by atoms with E-state index < -0.39 is 11.8 Å². The van der Waals surface area contributed by atoms with Gasteiger partial charge in [0.05, 0.1) is 0 Å². The van der Waals surface area contributed by atoms with Gasteiger partial charge in [0.15, 0.2) is 0 Å². The second-order valence-electron chi connectivity index (χ2n) is 4.94. The zero-order valence-corrected chi connectivity index (χ0v) is 12.0. The molecular formula is C17H18N2O2. The first-order valence-electron chi connectivity index (χ1n) is 6.75. The van der Waals surface area contributed by atoms with Crippen LogP contribution in [-0.4, -0.2) is 16.7 Å². The number of rotatable bonds is 4. The standard InChI is InChI=1S/C17H18N2O2/c1-13-7-5-6-10-15(13)12-19(17(21)16(18)20)11-14-8-3-2-4-9-14/h2-10H,11-12H2,1H3,(H2,18,20). The summed E-state index contributed by atoms with van der Waals surface area (Å²) in [6.45, 7) is 2.70. The Bertz CT molecular complexity index is 638. The maximum atomic E-state index is 12.0. The Balaban J connectivity index is 2.22. The van der Waals surface area contributed by atoms with Crippen LogP contribution in [-0.2, 0) is 22.7 Å². The second kappa shape index (κ2) is 6.70. The van der Waals surface area contributed by atoms with Gasteiger partial charge >= 0.3 is 11.8 Å². The van der Waals surface area contributed by atoms with Gasteiger partial charge in [0.2, 0.25) is 0 Å². The number of hydrogen-bond acceptors (Lipinski definition) is 2. The monoisotopic (exact) mass is 282 g/mol. The lowest BCUT2D eigenvalue weighted by atomic mass is 10.1. The van der Waals surface area contributed by atoms with Gasteiger partial charge in [-0.15, -0.1) is 0 Å². The highest BCUT2D eigenvalue weighted by Crippen LogP contribution is 2.13. The van der Waals surface area contributed by atoms with Crippen LogP contribution in [0.25, 0.3) is 0 Å². The van der Waals surface area contributed by atoms with Crippen LogP contribution in [0.15, 0.2) is 54.6 Å². The van der Waals surface area contributed by atoms with E-state index in [2.05, 4.69) is 0 Å². The molecule has 0 saturated carbocycles. The van der Waals surface area contributed by atoms with Crippen LogP contribution in [0.3, 0.4) is 0 Å². The Kier molecular flexibility index (Phi) is 4.72. The van der Waals surface area contributed by atoms with Gasteiger partial charge < -0.3 is 10.6 Å². The van der Waals surface area contributed by atoms with E-state index in [1.165, 1.54) is 4.90 Å². The van der Waals surface area contributed by atoms with Crippen molar-refractivity contribution in [3.05, 3.63) is 71.3 Å². The summed E-state index contributed by atoms with van der Waals surface area (Å²) in [7, 11) is 0. The number of aryl methyl sites for hydroxylation is 1. The van der Waals surface area contributed by atoms with Gasteiger partial charge in [-0.05, 0) is 23.6 Å². The van der Waals surface area contributed by atoms with Crippen LogP contribution in [0.4, 0.5) is 0 Å². The molecule has 0 heterocycles. The minimum Gasteiger partial charge on any atom is -0.361 e. The number of carbonyl (C=O) groups is 2. The molecule has 2 aromatic carbocycles. The molecule has 0 aliphatic rings. The van der Waals surface area contributed by atoms with Crippen molar-refractivity contribution in [2.24, 2.45) is 5.73 Å². The zero-order chi connectivity index (χ0) is 15.2. The normalized spacial score (nSPS) is 10.1. The van der Waals surface area contributed by atoms with Crippen LogP contribution < -0.4 is 5.73 Å². The average Bonchev–Trinajstić information content (AvgIpc) is 2.49. The lowest BCUT2D eigenvalue weighted by molar-refractivity contribution is -0.145. The molecule has 0 aliphatic heterocycles. The van der Waals surface area contributed by atoms with Crippen molar-refractivity contribution in [1.82, 2.24) is 4.90 Å². The number of nitrogens with two attached hydrogens (primary N) is 1. The van der Waals surface area contributed by atoms with Crippen LogP contribution in [0, 0.1) is 6.92 Å². The number of primary amides is 1. The molecule has 4 heteroatoms. The van der Waals surface area contributed by atoms with Crippen molar-refractivity contribution in [2.75, 3.05) is 0 Å². The summed E-state index contributed by atoms with van der Waals surface area (Å²) in [5, 5.41) is 0. The first-order chi connectivity index (χ1) is 10.1. The minimum atomic E-state index is -0.931. The minimum absolute atomic E-state index is 0.358. The molecule has 0 unspecified atom stereocenters. The van der Waals surface area contributed by atoms with Crippen LogP contribution in [0.2, 0.25) is 0 Å². The van der Waals surface area contributed by atoms with Crippen molar-refractivity contribution in [2.45, 2.75) is 20.0 Å². The van der Waals surface area contributed by atoms with E-state index in [-0.39, 0.29) is 0 Å². The predicted molar refractivity (Wildman–Crippen MR) is 81.1 cm³/mol. The Morgan fingerprint density at radius 1 is 0.952 bits per heavy atom. The molecule has 0 saturated heterocycles. The summed E-state index contributed by atoms with van der Waals surface area (Å²) in [6, 6.07) is 17.3. The Morgan fingerprint density at radius 3 is 2.19 bits per heavy atom. The largest absolute Gasteiger partial charge is 0.361 e. The van der Waals surface area contributed by atoms with Crippen molar-refractivity contribution < 1.29 is 9.59 Å². The third-order valence-electron chi connectivity index (χ3n) is 3.34. The van der Waals surface area contributed by atoms with E-state index >= 15 is 0 Å². The maximum absolute atomic E-state index is 12.0. The molecule has 4 nitrogen and oxygen atoms in total. The predicted octanol–water partition coefficient (Wildman–Crippen LogP) is 2.01. The van der Waals surface area contributed by atoms with Crippen molar-refractivity contribution >= 4 is 11.8 Å². The Hall–Kier alpha value is -2.62. The van der Waals surface area contributed by atoms with Crippen LogP contribution in [0.5, 0.6) is 0 Å². The van der Waals surface area contributed by atoms with Crippen LogP contribution in [0.1, 0.15) is 16.7 Å². The average molecular weight is 282 g/mol. The Labute approximate surface area is 124 Å². The fraction of sp³-hybridized carbons (Fsp3) is 0.176. The van der Waals surface area contributed by atoms with Crippen molar-refractivity contribution in [3.8, 4) is 0 Å². The summed E-state index contributed by atoms with van der Waals surface area (Å²) < 4.78 is 0. The lowest BCUT2D eigenvalue weighted by Crippen LogP contribution is -2.39. The summed E-state index contributed by atoms with van der Waals surface area (Å²) in [5.41, 5.74) is 8.19. The molecule has 0 aromatic heterocycles. The molecule has 2 rings (SSSR count). The quantitative estimate of drug-likeness (QED) is 0.872. The number of nitrogens with zero attached hydrogens (tertiary/aromatic N) is 1. The van der Waals surface area contributed by atoms with Gasteiger partial charge in [0.1, 0.15) is 0 Å². The van der Waals surface area contributed by atoms with E-state index in [0.29, 0.717) is 13.1 Å². The van der Waals surface area contributed by atoms with E-state index in [9.17, 15) is 9.59 Å². The topological polar surface area (TPSA) is 63.4 Å². The molecule has 0 bridgehead atoms. The highest BCUT2D eigenvalue weighted by molar-refractivity contribution is 6.34. The zero-order valence-electron chi connectivity index (χ0n) is 12.0. The lowest BCUT2D eigenvalue weighted by Gasteiger charge is -2.22. The first-order valence-corrected chi connectivity index (χ1v) is 6.75. The second-order valence-corrected chi connectivity index (χ2v) is 4.94. The fourth-order valence-electron chi connectivity index (χ4n) is 2.15. The molecule has 21 heavy (non-hydrogen) atoms. The van der Waals surface area contributed by atoms with E-state index in [4.69, 9.17) is 5.73 Å². The van der Waals surface area contributed by atoms with Gasteiger partial charge in [-0.1, -0.05) is 54.6 Å². The summed E-state index contributed by atoms with van der Waals surface area (Å²) in [4.78, 5) is 24.7. The van der Waals surface area contributed by atoms with Gasteiger partial charge in [0.25, 0.3) is 0 Å². The molecule has 0 spiro atoms. The number of amides is 2. The number of hydrogen-bond donors (Lipinski definition) is 1. The molecule has 2 aromatic rings. The third kappa shape index (κ3) is 3.92. The molecule has 2 N–H and O–H groups in total. The van der Waals surface area contributed by atoms with Crippen LogP contribution >= 0.6 is 0 Å². The molecule has 0 atom stereocenters. The number of carbonyl (C=O) groups excluding carboxylic acids is 2. The molecular weight excluding hydrogens is 264 g/mol. The van der Waals surface area contributed by atoms with Gasteiger partial charge in [0, 0.05) is 13.1 Å². The molecule has 0 aliphatic carbocycles. The molecule has 0 radical (unpaired) electrons. The van der Waals surface area contributed by atoms with Gasteiger partial charge in [-0.25, -0.2) is 0 Å². The van der Waals surface area contributed by atoms with E-state index in [1.54, 1.807) is 0 Å². The number of benzene rings is 2. The molecule has 2 amide bonds. The summed E-state index contributed by atoms with van der Waals surface area (Å²) in [5.74, 6) is -1.60. The first kappa shape index (κ1) is 14.8. The molecule has 108 valence electrons. The Morgan fingerprint density at radius 2 is 1.57 bits per heavy atom. The smallest absolute Gasteiger partial charge is 0.312 e. The van der Waals surface area contributed by atoms with E-state index in [0.717, 1.165) is 16.7 Å². The highest BCUT2D eigenvalue weighted by atomic mass is 16.2. The van der Waals surface area contributed by atoms with Gasteiger partial charge in [-0.3, -0.25) is 9.59 Å². The fourth-order valence-corrected chi connectivity index (χ4v) is 2.15. The van der Waals surface area contributed by atoms with E-state index in [1.807, 2.05) is 61.5 Å². The summed E-state index contributed by atoms with van der Waals surface area (Å²) >= 11 is 0. The molecule has 0 fully saturated rings. The summed E-state index contributed by atoms with van der Waals surface area (Å²) in [6.07, 6.45) is 0. The SMILES string of the molecule is Cc1ccccc1CN(Cc1ccccc1)C(=O)C(N)=O. The highest BCUT2D eigenvalue weighted by Gasteiger charge is 2.20.